The van der Waals surface area contributed by atoms with Crippen LogP contribution in [-0.4, -0.2) is 35.8 Å². The number of carbonyl (C=O) groups is 2. The summed E-state index contributed by atoms with van der Waals surface area (Å²) in [5.74, 6) is 0.754. The van der Waals surface area contributed by atoms with Crippen LogP contribution < -0.4 is 5.32 Å². The van der Waals surface area contributed by atoms with E-state index in [4.69, 9.17) is 0 Å². The Labute approximate surface area is 138 Å². The van der Waals surface area contributed by atoms with E-state index in [9.17, 15) is 9.59 Å². The highest BCUT2D eigenvalue weighted by Gasteiger charge is 2.35. The Bertz CT molecular complexity index is 572. The monoisotopic (exact) mass is 314 g/mol. The number of hydrogen-bond acceptors (Lipinski definition) is 2. The SMILES string of the molecule is Cc1ccccc1CCC(=O)NC1CCN(C(=O)C2CC2)CC1. The van der Waals surface area contributed by atoms with Crippen molar-refractivity contribution >= 4 is 11.8 Å². The van der Waals surface area contributed by atoms with Crippen molar-refractivity contribution in [1.29, 1.82) is 0 Å². The predicted molar refractivity (Wildman–Crippen MR) is 90.0 cm³/mol. The lowest BCUT2D eigenvalue weighted by Gasteiger charge is -2.32. The minimum atomic E-state index is 0.125. The van der Waals surface area contributed by atoms with Gasteiger partial charge in [0.1, 0.15) is 0 Å². The number of hydrogen-bond donors (Lipinski definition) is 1. The molecular weight excluding hydrogens is 288 g/mol. The number of nitrogens with zero attached hydrogens (tertiary/aromatic N) is 1. The molecule has 2 aliphatic rings. The van der Waals surface area contributed by atoms with Crippen molar-refractivity contribution < 1.29 is 9.59 Å². The molecule has 0 aromatic heterocycles. The van der Waals surface area contributed by atoms with Crippen LogP contribution in [0.25, 0.3) is 0 Å². The molecular formula is C19H26N2O2. The zero-order valence-electron chi connectivity index (χ0n) is 13.9. The number of piperidine rings is 1. The Kier molecular flexibility index (Phi) is 4.99. The molecule has 1 aromatic carbocycles. The predicted octanol–water partition coefficient (Wildman–Crippen LogP) is 2.44. The second-order valence-corrected chi connectivity index (χ2v) is 6.87. The van der Waals surface area contributed by atoms with Gasteiger partial charge in [0.05, 0.1) is 0 Å². The van der Waals surface area contributed by atoms with Crippen molar-refractivity contribution in [2.45, 2.75) is 51.5 Å². The summed E-state index contributed by atoms with van der Waals surface area (Å²) in [4.78, 5) is 26.1. The third-order valence-corrected chi connectivity index (χ3v) is 4.98. The summed E-state index contributed by atoms with van der Waals surface area (Å²) in [5, 5.41) is 3.14. The molecule has 1 aromatic rings. The lowest BCUT2D eigenvalue weighted by molar-refractivity contribution is -0.133. The Hall–Kier alpha value is -1.84. The van der Waals surface area contributed by atoms with E-state index in [2.05, 4.69) is 24.4 Å². The van der Waals surface area contributed by atoms with Crippen LogP contribution in [-0.2, 0) is 16.0 Å². The third-order valence-electron chi connectivity index (χ3n) is 4.98. The van der Waals surface area contributed by atoms with E-state index in [0.717, 1.165) is 45.2 Å². The van der Waals surface area contributed by atoms with Crippen LogP contribution in [0.4, 0.5) is 0 Å². The van der Waals surface area contributed by atoms with Crippen LogP contribution in [0.15, 0.2) is 24.3 Å². The molecule has 0 radical (unpaired) electrons. The van der Waals surface area contributed by atoms with E-state index in [0.29, 0.717) is 18.2 Å². The normalized spacial score (nSPS) is 18.7. The molecule has 1 aliphatic carbocycles. The Morgan fingerprint density at radius 2 is 1.83 bits per heavy atom. The van der Waals surface area contributed by atoms with Crippen molar-refractivity contribution in [2.75, 3.05) is 13.1 Å². The molecule has 3 rings (SSSR count). The molecule has 1 aliphatic heterocycles. The molecule has 1 N–H and O–H groups in total. The van der Waals surface area contributed by atoms with Gasteiger partial charge >= 0.3 is 0 Å². The molecule has 1 saturated carbocycles. The van der Waals surface area contributed by atoms with E-state index in [1.807, 2.05) is 17.0 Å². The molecule has 2 fully saturated rings. The molecule has 2 amide bonds. The summed E-state index contributed by atoms with van der Waals surface area (Å²) >= 11 is 0. The van der Waals surface area contributed by atoms with Crippen LogP contribution >= 0.6 is 0 Å². The third kappa shape index (κ3) is 4.34. The first kappa shape index (κ1) is 16.0. The van der Waals surface area contributed by atoms with Crippen LogP contribution in [0.3, 0.4) is 0 Å². The Morgan fingerprint density at radius 1 is 1.13 bits per heavy atom. The number of amides is 2. The van der Waals surface area contributed by atoms with Gasteiger partial charge in [0.2, 0.25) is 11.8 Å². The number of rotatable bonds is 5. The van der Waals surface area contributed by atoms with E-state index in [-0.39, 0.29) is 11.9 Å². The molecule has 0 unspecified atom stereocenters. The molecule has 4 heteroatoms. The molecule has 0 bridgehead atoms. The van der Waals surface area contributed by atoms with Crippen molar-refractivity contribution in [1.82, 2.24) is 10.2 Å². The van der Waals surface area contributed by atoms with Gasteiger partial charge in [-0.2, -0.15) is 0 Å². The maximum absolute atomic E-state index is 12.1. The number of carbonyl (C=O) groups excluding carboxylic acids is 2. The first-order valence-electron chi connectivity index (χ1n) is 8.76. The molecule has 4 nitrogen and oxygen atoms in total. The summed E-state index contributed by atoms with van der Waals surface area (Å²) < 4.78 is 0. The van der Waals surface area contributed by atoms with E-state index >= 15 is 0 Å². The van der Waals surface area contributed by atoms with Gasteiger partial charge in [-0.15, -0.1) is 0 Å². The Balaban J connectivity index is 1.39. The zero-order chi connectivity index (χ0) is 16.2. The molecule has 0 atom stereocenters. The fourth-order valence-electron chi connectivity index (χ4n) is 3.27. The summed E-state index contributed by atoms with van der Waals surface area (Å²) in [5.41, 5.74) is 2.49. The van der Waals surface area contributed by atoms with Crippen molar-refractivity contribution in [3.05, 3.63) is 35.4 Å². The van der Waals surface area contributed by atoms with Gasteiger partial charge in [-0.1, -0.05) is 24.3 Å². The second-order valence-electron chi connectivity index (χ2n) is 6.87. The standard InChI is InChI=1S/C19H26N2O2/c1-14-4-2-3-5-15(14)8-9-18(22)20-17-10-12-21(13-11-17)19(23)16-6-7-16/h2-5,16-17H,6-13H2,1H3,(H,20,22). The molecule has 23 heavy (non-hydrogen) atoms. The highest BCUT2D eigenvalue weighted by molar-refractivity contribution is 5.81. The first-order valence-corrected chi connectivity index (χ1v) is 8.76. The van der Waals surface area contributed by atoms with Gasteiger partial charge < -0.3 is 10.2 Å². The minimum Gasteiger partial charge on any atom is -0.353 e. The largest absolute Gasteiger partial charge is 0.353 e. The average Bonchev–Trinajstić information content (AvgIpc) is 3.39. The summed E-state index contributed by atoms with van der Waals surface area (Å²) in [7, 11) is 0. The molecule has 0 spiro atoms. The van der Waals surface area contributed by atoms with Gasteiger partial charge in [0.25, 0.3) is 0 Å². The van der Waals surface area contributed by atoms with Crippen LogP contribution in [0.1, 0.15) is 43.2 Å². The van der Waals surface area contributed by atoms with Gasteiger partial charge in [-0.3, -0.25) is 9.59 Å². The summed E-state index contributed by atoms with van der Waals surface area (Å²) in [6.45, 7) is 3.66. The quantitative estimate of drug-likeness (QED) is 0.907. The fraction of sp³-hybridized carbons (Fsp3) is 0.579. The van der Waals surface area contributed by atoms with Gasteiger partial charge in [0, 0.05) is 31.5 Å². The van der Waals surface area contributed by atoms with Crippen LogP contribution in [0.5, 0.6) is 0 Å². The van der Waals surface area contributed by atoms with E-state index in [1.54, 1.807) is 0 Å². The molecule has 124 valence electrons. The maximum Gasteiger partial charge on any atom is 0.225 e. The fourth-order valence-corrected chi connectivity index (χ4v) is 3.27. The van der Waals surface area contributed by atoms with E-state index < -0.39 is 0 Å². The van der Waals surface area contributed by atoms with Crippen molar-refractivity contribution in [3.8, 4) is 0 Å². The van der Waals surface area contributed by atoms with Gasteiger partial charge in [-0.25, -0.2) is 0 Å². The second kappa shape index (κ2) is 7.16. The molecule has 1 heterocycles. The lowest BCUT2D eigenvalue weighted by Crippen LogP contribution is -2.47. The van der Waals surface area contributed by atoms with Crippen molar-refractivity contribution in [2.24, 2.45) is 5.92 Å². The maximum atomic E-state index is 12.1. The highest BCUT2D eigenvalue weighted by atomic mass is 16.2. The summed E-state index contributed by atoms with van der Waals surface area (Å²) in [6.07, 6.45) is 5.22. The number of likely N-dealkylation sites (tertiary alicyclic amines) is 1. The van der Waals surface area contributed by atoms with Crippen molar-refractivity contribution in [3.63, 3.8) is 0 Å². The zero-order valence-corrected chi connectivity index (χ0v) is 13.9. The summed E-state index contributed by atoms with van der Waals surface area (Å²) in [6, 6.07) is 8.44. The number of aryl methyl sites for hydroxylation is 2. The van der Waals surface area contributed by atoms with Crippen LogP contribution in [0, 0.1) is 12.8 Å². The number of benzene rings is 1. The highest BCUT2D eigenvalue weighted by Crippen LogP contribution is 2.31. The molecule has 1 saturated heterocycles. The van der Waals surface area contributed by atoms with Gasteiger partial charge in [-0.05, 0) is 50.2 Å². The topological polar surface area (TPSA) is 49.4 Å². The number of nitrogens with one attached hydrogen (secondary N) is 1. The minimum absolute atomic E-state index is 0.125. The van der Waals surface area contributed by atoms with Gasteiger partial charge in [0.15, 0.2) is 0 Å². The average molecular weight is 314 g/mol. The first-order chi connectivity index (χ1) is 11.1. The van der Waals surface area contributed by atoms with Crippen LogP contribution in [0.2, 0.25) is 0 Å². The smallest absolute Gasteiger partial charge is 0.225 e. The Morgan fingerprint density at radius 3 is 2.48 bits per heavy atom. The van der Waals surface area contributed by atoms with E-state index in [1.165, 1.54) is 11.1 Å². The lowest BCUT2D eigenvalue weighted by atomic mass is 10.0.